The average Bonchev–Trinajstić information content (AvgIpc) is 3.35. The van der Waals surface area contributed by atoms with E-state index >= 15 is 0 Å². The summed E-state index contributed by atoms with van der Waals surface area (Å²) >= 11 is 6.02. The maximum absolute atomic E-state index is 12.6. The van der Waals surface area contributed by atoms with Gasteiger partial charge in [0.25, 0.3) is 0 Å². The molecule has 1 fully saturated rings. The first-order valence-electron chi connectivity index (χ1n) is 7.85. The number of hydrogen-bond donors (Lipinski definition) is 1. The summed E-state index contributed by atoms with van der Waals surface area (Å²) in [4.78, 5) is 25.6. The third kappa shape index (κ3) is 3.60. The maximum atomic E-state index is 12.6. The summed E-state index contributed by atoms with van der Waals surface area (Å²) in [7, 11) is 1.78. The van der Waals surface area contributed by atoms with Crippen LogP contribution in [0, 0.1) is 5.92 Å². The highest BCUT2D eigenvalue weighted by Crippen LogP contribution is 2.48. The molecule has 4 nitrogen and oxygen atoms in total. The monoisotopic (exact) mass is 342 g/mol. The third-order valence-corrected chi connectivity index (χ3v) is 4.63. The summed E-state index contributed by atoms with van der Waals surface area (Å²) < 4.78 is 0. The van der Waals surface area contributed by atoms with E-state index in [-0.39, 0.29) is 17.7 Å². The van der Waals surface area contributed by atoms with Gasteiger partial charge in [-0.25, -0.2) is 0 Å². The van der Waals surface area contributed by atoms with E-state index in [4.69, 9.17) is 17.3 Å². The van der Waals surface area contributed by atoms with Crippen molar-refractivity contribution in [3.8, 4) is 0 Å². The molecule has 2 aromatic carbocycles. The number of carbonyl (C=O) groups is 2. The Morgan fingerprint density at radius 2 is 1.96 bits per heavy atom. The average molecular weight is 343 g/mol. The topological polar surface area (TPSA) is 63.4 Å². The molecule has 2 atom stereocenters. The number of primary amides is 1. The molecule has 3 rings (SSSR count). The Morgan fingerprint density at radius 1 is 1.21 bits per heavy atom. The van der Waals surface area contributed by atoms with E-state index in [2.05, 4.69) is 0 Å². The zero-order valence-electron chi connectivity index (χ0n) is 13.4. The number of rotatable bonds is 5. The normalized spacial score (nSPS) is 18.9. The lowest BCUT2D eigenvalue weighted by molar-refractivity contribution is -0.131. The molecule has 0 saturated heterocycles. The minimum atomic E-state index is -0.464. The summed E-state index contributed by atoms with van der Waals surface area (Å²) in [5.74, 6) is -0.0955. The van der Waals surface area contributed by atoms with Gasteiger partial charge in [-0.3, -0.25) is 9.59 Å². The summed E-state index contributed by atoms with van der Waals surface area (Å²) in [5, 5.41) is 0.697. The van der Waals surface area contributed by atoms with Crippen LogP contribution in [0.25, 0.3) is 0 Å². The molecule has 0 heterocycles. The van der Waals surface area contributed by atoms with Gasteiger partial charge in [-0.15, -0.1) is 0 Å². The summed E-state index contributed by atoms with van der Waals surface area (Å²) in [5.41, 5.74) is 7.76. The molecule has 5 heteroatoms. The smallest absolute Gasteiger partial charge is 0.248 e. The molecular formula is C19H19ClN2O2. The fourth-order valence-electron chi connectivity index (χ4n) is 3.03. The number of hydrogen-bond acceptors (Lipinski definition) is 2. The lowest BCUT2D eigenvalue weighted by Gasteiger charge is -2.18. The van der Waals surface area contributed by atoms with Gasteiger partial charge in [-0.1, -0.05) is 35.9 Å². The molecule has 24 heavy (non-hydrogen) atoms. The summed E-state index contributed by atoms with van der Waals surface area (Å²) in [6.07, 6.45) is 0.852. The van der Waals surface area contributed by atoms with E-state index in [9.17, 15) is 9.59 Å². The Labute approximate surface area is 146 Å². The highest BCUT2D eigenvalue weighted by Gasteiger charge is 2.45. The molecule has 0 bridgehead atoms. The van der Waals surface area contributed by atoms with Gasteiger partial charge >= 0.3 is 0 Å². The number of nitrogens with zero attached hydrogens (tertiary/aromatic N) is 1. The number of benzene rings is 2. The largest absolute Gasteiger partial charge is 0.366 e. The van der Waals surface area contributed by atoms with Crippen molar-refractivity contribution in [1.82, 2.24) is 4.90 Å². The van der Waals surface area contributed by atoms with Crippen LogP contribution in [-0.2, 0) is 11.3 Å². The predicted molar refractivity (Wildman–Crippen MR) is 93.7 cm³/mol. The second-order valence-electron chi connectivity index (χ2n) is 6.26. The minimum absolute atomic E-state index is 0.00721. The van der Waals surface area contributed by atoms with E-state index in [1.54, 1.807) is 30.1 Å². The van der Waals surface area contributed by atoms with Gasteiger partial charge in [0.05, 0.1) is 0 Å². The van der Waals surface area contributed by atoms with Crippen molar-refractivity contribution in [1.29, 1.82) is 0 Å². The molecule has 124 valence electrons. The fraction of sp³-hybridized carbons (Fsp3) is 0.263. The molecule has 2 N–H and O–H groups in total. The predicted octanol–water partition coefficient (Wildman–Crippen LogP) is 3.20. The highest BCUT2D eigenvalue weighted by atomic mass is 35.5. The Balaban J connectivity index is 1.64. The molecule has 1 aliphatic rings. The molecule has 0 spiro atoms. The summed E-state index contributed by atoms with van der Waals surface area (Å²) in [6.45, 7) is 0.457. The second-order valence-corrected chi connectivity index (χ2v) is 6.70. The zero-order valence-corrected chi connectivity index (χ0v) is 14.2. The third-order valence-electron chi connectivity index (χ3n) is 4.39. The van der Waals surface area contributed by atoms with Crippen molar-refractivity contribution >= 4 is 23.4 Å². The molecule has 0 aliphatic heterocycles. The van der Waals surface area contributed by atoms with E-state index < -0.39 is 5.91 Å². The molecule has 1 saturated carbocycles. The number of amides is 2. The molecule has 0 aromatic heterocycles. The quantitative estimate of drug-likeness (QED) is 0.906. The molecule has 0 unspecified atom stereocenters. The van der Waals surface area contributed by atoms with E-state index in [1.165, 1.54) is 0 Å². The lowest BCUT2D eigenvalue weighted by Crippen LogP contribution is -2.28. The van der Waals surface area contributed by atoms with Crippen LogP contribution in [0.3, 0.4) is 0 Å². The van der Waals surface area contributed by atoms with Gasteiger partial charge in [-0.05, 0) is 47.7 Å². The van der Waals surface area contributed by atoms with Crippen molar-refractivity contribution in [2.24, 2.45) is 11.7 Å². The maximum Gasteiger partial charge on any atom is 0.248 e. The van der Waals surface area contributed by atoms with Crippen LogP contribution in [0.1, 0.15) is 33.8 Å². The van der Waals surface area contributed by atoms with Crippen molar-refractivity contribution in [2.75, 3.05) is 7.05 Å². The van der Waals surface area contributed by atoms with Crippen molar-refractivity contribution in [2.45, 2.75) is 18.9 Å². The Kier molecular flexibility index (Phi) is 4.58. The first kappa shape index (κ1) is 16.5. The zero-order chi connectivity index (χ0) is 17.3. The first-order valence-corrected chi connectivity index (χ1v) is 8.22. The van der Waals surface area contributed by atoms with E-state index in [1.807, 2.05) is 30.3 Å². The van der Waals surface area contributed by atoms with Crippen molar-refractivity contribution in [3.05, 3.63) is 70.2 Å². The van der Waals surface area contributed by atoms with Gasteiger partial charge in [0.1, 0.15) is 0 Å². The van der Waals surface area contributed by atoms with Crippen LogP contribution in [-0.4, -0.2) is 23.8 Å². The molecule has 2 aromatic rings. The van der Waals surface area contributed by atoms with Crippen LogP contribution >= 0.6 is 11.6 Å². The fourth-order valence-corrected chi connectivity index (χ4v) is 3.23. The van der Waals surface area contributed by atoms with Crippen LogP contribution in [0.5, 0.6) is 0 Å². The number of nitrogens with two attached hydrogens (primary N) is 1. The number of halogens is 1. The first-order chi connectivity index (χ1) is 11.5. The van der Waals surface area contributed by atoms with Gasteiger partial charge in [-0.2, -0.15) is 0 Å². The van der Waals surface area contributed by atoms with Gasteiger partial charge in [0.2, 0.25) is 11.8 Å². The Morgan fingerprint density at radius 3 is 2.67 bits per heavy atom. The summed E-state index contributed by atoms with van der Waals surface area (Å²) in [6, 6.07) is 14.8. The van der Waals surface area contributed by atoms with Crippen molar-refractivity contribution in [3.63, 3.8) is 0 Å². The number of carbonyl (C=O) groups excluding carboxylic acids is 2. The molecule has 0 radical (unpaired) electrons. The van der Waals surface area contributed by atoms with Gasteiger partial charge in [0, 0.05) is 30.1 Å². The SMILES string of the molecule is CN(Cc1cccc(C(N)=O)c1)C(=O)[C@H]1C[C@H]1c1cccc(Cl)c1. The van der Waals surface area contributed by atoms with Crippen LogP contribution < -0.4 is 5.73 Å². The standard InChI is InChI=1S/C19H19ClN2O2/c1-22(11-12-4-2-6-14(8-12)18(21)23)19(24)17-10-16(17)13-5-3-7-15(20)9-13/h2-9,16-17H,10-11H2,1H3,(H2,21,23)/t16-,17-/m0/s1. The van der Waals surface area contributed by atoms with Crippen LogP contribution in [0.15, 0.2) is 48.5 Å². The Bertz CT molecular complexity index is 790. The van der Waals surface area contributed by atoms with Crippen LogP contribution in [0.4, 0.5) is 0 Å². The van der Waals surface area contributed by atoms with Crippen LogP contribution in [0.2, 0.25) is 5.02 Å². The molecular weight excluding hydrogens is 324 g/mol. The Hall–Kier alpha value is -2.33. The minimum Gasteiger partial charge on any atom is -0.366 e. The molecule has 1 aliphatic carbocycles. The lowest BCUT2D eigenvalue weighted by atomic mass is 10.1. The van der Waals surface area contributed by atoms with E-state index in [0.29, 0.717) is 17.1 Å². The van der Waals surface area contributed by atoms with Gasteiger partial charge < -0.3 is 10.6 Å². The molecule has 2 amide bonds. The van der Waals surface area contributed by atoms with E-state index in [0.717, 1.165) is 17.5 Å². The van der Waals surface area contributed by atoms with Gasteiger partial charge in [0.15, 0.2) is 0 Å². The van der Waals surface area contributed by atoms with Crippen molar-refractivity contribution < 1.29 is 9.59 Å². The highest BCUT2D eigenvalue weighted by molar-refractivity contribution is 6.30. The second kappa shape index (κ2) is 6.65.